The smallest absolute Gasteiger partial charge is 0.119 e. The van der Waals surface area contributed by atoms with Crippen molar-refractivity contribution in [1.29, 1.82) is 0 Å². The fraction of sp³-hybridized carbons (Fsp3) is 0.625. The monoisotopic (exact) mass is 263 g/mol. The molecule has 1 N–H and O–H groups in total. The molecule has 2 rings (SSSR count). The third kappa shape index (κ3) is 4.84. The van der Waals surface area contributed by atoms with Crippen molar-refractivity contribution in [3.8, 4) is 5.75 Å². The summed E-state index contributed by atoms with van der Waals surface area (Å²) in [7, 11) is 0. The van der Waals surface area contributed by atoms with Crippen LogP contribution in [0, 0.1) is 0 Å². The lowest BCUT2D eigenvalue weighted by molar-refractivity contribution is 0.0168. The third-order valence-corrected chi connectivity index (χ3v) is 3.54. The number of rotatable bonds is 6. The van der Waals surface area contributed by atoms with E-state index in [4.69, 9.17) is 9.47 Å². The molecule has 1 heterocycles. The highest BCUT2D eigenvalue weighted by Crippen LogP contribution is 2.18. The summed E-state index contributed by atoms with van der Waals surface area (Å²) in [6.45, 7) is 7.84. The van der Waals surface area contributed by atoms with Crippen LogP contribution in [0.15, 0.2) is 24.3 Å². The Balaban J connectivity index is 1.64. The highest BCUT2D eigenvalue weighted by atomic mass is 16.5. The van der Waals surface area contributed by atoms with Crippen molar-refractivity contribution >= 4 is 0 Å². The Bertz CT molecular complexity index is 356. The van der Waals surface area contributed by atoms with Gasteiger partial charge in [-0.15, -0.1) is 0 Å². The van der Waals surface area contributed by atoms with Gasteiger partial charge in [-0.05, 0) is 49.5 Å². The predicted molar refractivity (Wildman–Crippen MR) is 77.9 cm³/mol. The number of nitrogens with one attached hydrogen (secondary N) is 1. The summed E-state index contributed by atoms with van der Waals surface area (Å²) in [6, 6.07) is 8.35. The molecule has 0 saturated carbocycles. The molecule has 0 atom stereocenters. The maximum Gasteiger partial charge on any atom is 0.119 e. The molecule has 0 bridgehead atoms. The Kier molecular flexibility index (Phi) is 5.67. The van der Waals surface area contributed by atoms with Gasteiger partial charge in [0.2, 0.25) is 0 Å². The minimum Gasteiger partial charge on any atom is -0.491 e. The number of hydrogen-bond donors (Lipinski definition) is 1. The minimum absolute atomic E-state index is 0.410. The number of piperidine rings is 1. The van der Waals surface area contributed by atoms with Crippen molar-refractivity contribution in [2.24, 2.45) is 0 Å². The van der Waals surface area contributed by atoms with E-state index in [9.17, 15) is 0 Å². The van der Waals surface area contributed by atoms with Gasteiger partial charge < -0.3 is 14.8 Å². The molecule has 1 aliphatic rings. The lowest BCUT2D eigenvalue weighted by Gasteiger charge is -2.22. The summed E-state index contributed by atoms with van der Waals surface area (Å²) in [5.41, 5.74) is 1.35. The van der Waals surface area contributed by atoms with Crippen molar-refractivity contribution in [2.45, 2.75) is 38.7 Å². The molecular formula is C16H25NO2. The quantitative estimate of drug-likeness (QED) is 0.800. The van der Waals surface area contributed by atoms with Crippen LogP contribution < -0.4 is 10.1 Å². The Morgan fingerprint density at radius 1 is 1.11 bits per heavy atom. The Labute approximate surface area is 116 Å². The average Bonchev–Trinajstić information content (AvgIpc) is 2.45. The van der Waals surface area contributed by atoms with E-state index in [0.717, 1.165) is 31.7 Å². The van der Waals surface area contributed by atoms with E-state index in [1.807, 2.05) is 12.1 Å². The first-order valence-corrected chi connectivity index (χ1v) is 7.31. The van der Waals surface area contributed by atoms with Crippen LogP contribution in [0.5, 0.6) is 5.75 Å². The van der Waals surface area contributed by atoms with Gasteiger partial charge in [0, 0.05) is 0 Å². The van der Waals surface area contributed by atoms with Gasteiger partial charge in [0.1, 0.15) is 12.4 Å². The Morgan fingerprint density at radius 3 is 2.42 bits per heavy atom. The van der Waals surface area contributed by atoms with Crippen LogP contribution in [0.2, 0.25) is 0 Å². The SMILES string of the molecule is CC(C)c1ccc(OCCOC2CCNCC2)cc1. The second-order valence-electron chi connectivity index (χ2n) is 5.39. The third-order valence-electron chi connectivity index (χ3n) is 3.54. The number of ether oxygens (including phenoxy) is 2. The summed E-state index contributed by atoms with van der Waals surface area (Å²) >= 11 is 0. The largest absolute Gasteiger partial charge is 0.491 e. The lowest BCUT2D eigenvalue weighted by Crippen LogP contribution is -2.33. The molecule has 0 amide bonds. The summed E-state index contributed by atoms with van der Waals surface area (Å²) in [6.07, 6.45) is 2.64. The summed E-state index contributed by atoms with van der Waals surface area (Å²) in [4.78, 5) is 0. The maximum atomic E-state index is 5.80. The van der Waals surface area contributed by atoms with Crippen LogP contribution in [-0.4, -0.2) is 32.4 Å². The number of hydrogen-bond acceptors (Lipinski definition) is 3. The van der Waals surface area contributed by atoms with Gasteiger partial charge >= 0.3 is 0 Å². The van der Waals surface area contributed by atoms with E-state index in [0.29, 0.717) is 25.2 Å². The molecular weight excluding hydrogens is 238 g/mol. The first-order valence-electron chi connectivity index (χ1n) is 7.31. The molecule has 106 valence electrons. The van der Waals surface area contributed by atoms with Crippen LogP contribution in [0.1, 0.15) is 38.2 Å². The van der Waals surface area contributed by atoms with Gasteiger partial charge in [-0.2, -0.15) is 0 Å². The van der Waals surface area contributed by atoms with Crippen molar-refractivity contribution < 1.29 is 9.47 Å². The fourth-order valence-corrected chi connectivity index (χ4v) is 2.29. The van der Waals surface area contributed by atoms with Gasteiger partial charge in [-0.1, -0.05) is 26.0 Å². The zero-order chi connectivity index (χ0) is 13.5. The first-order chi connectivity index (χ1) is 9.25. The van der Waals surface area contributed by atoms with Gasteiger partial charge in [0.25, 0.3) is 0 Å². The van der Waals surface area contributed by atoms with Crippen molar-refractivity contribution in [3.05, 3.63) is 29.8 Å². The van der Waals surface area contributed by atoms with Crippen LogP contribution >= 0.6 is 0 Å². The summed E-state index contributed by atoms with van der Waals surface area (Å²) in [5.74, 6) is 1.50. The van der Waals surface area contributed by atoms with Crippen LogP contribution in [0.3, 0.4) is 0 Å². The standard InChI is InChI=1S/C16H25NO2/c1-13(2)14-3-5-15(6-4-14)18-11-12-19-16-7-9-17-10-8-16/h3-6,13,16-17H,7-12H2,1-2H3. The molecule has 3 nitrogen and oxygen atoms in total. The maximum absolute atomic E-state index is 5.80. The van der Waals surface area contributed by atoms with Gasteiger partial charge in [0.05, 0.1) is 12.7 Å². The zero-order valence-corrected chi connectivity index (χ0v) is 12.0. The molecule has 1 fully saturated rings. The lowest BCUT2D eigenvalue weighted by atomic mass is 10.0. The van der Waals surface area contributed by atoms with Gasteiger partial charge in [0.15, 0.2) is 0 Å². The van der Waals surface area contributed by atoms with Crippen molar-refractivity contribution in [2.75, 3.05) is 26.3 Å². The second-order valence-corrected chi connectivity index (χ2v) is 5.39. The molecule has 0 radical (unpaired) electrons. The van der Waals surface area contributed by atoms with Crippen molar-refractivity contribution in [1.82, 2.24) is 5.32 Å². The minimum atomic E-state index is 0.410. The molecule has 0 unspecified atom stereocenters. The fourth-order valence-electron chi connectivity index (χ4n) is 2.29. The Hall–Kier alpha value is -1.06. The summed E-state index contributed by atoms with van der Waals surface area (Å²) < 4.78 is 11.5. The Morgan fingerprint density at radius 2 is 1.79 bits per heavy atom. The van der Waals surface area contributed by atoms with Crippen LogP contribution in [-0.2, 0) is 4.74 Å². The topological polar surface area (TPSA) is 30.5 Å². The van der Waals surface area contributed by atoms with E-state index in [1.54, 1.807) is 0 Å². The predicted octanol–water partition coefficient (Wildman–Crippen LogP) is 2.96. The molecule has 0 spiro atoms. The van der Waals surface area contributed by atoms with E-state index in [-0.39, 0.29) is 0 Å². The molecule has 1 saturated heterocycles. The molecule has 0 aromatic heterocycles. The second kappa shape index (κ2) is 7.51. The normalized spacial score (nSPS) is 16.8. The van der Waals surface area contributed by atoms with E-state index >= 15 is 0 Å². The van der Waals surface area contributed by atoms with Crippen LogP contribution in [0.4, 0.5) is 0 Å². The molecule has 0 aliphatic carbocycles. The summed E-state index contributed by atoms with van der Waals surface area (Å²) in [5, 5.41) is 3.33. The first kappa shape index (κ1) is 14.4. The van der Waals surface area contributed by atoms with E-state index in [1.165, 1.54) is 5.56 Å². The highest BCUT2D eigenvalue weighted by molar-refractivity contribution is 5.28. The molecule has 1 aliphatic heterocycles. The van der Waals surface area contributed by atoms with Crippen LogP contribution in [0.25, 0.3) is 0 Å². The number of benzene rings is 1. The molecule has 1 aromatic carbocycles. The van der Waals surface area contributed by atoms with E-state index < -0.39 is 0 Å². The van der Waals surface area contributed by atoms with E-state index in [2.05, 4.69) is 31.3 Å². The highest BCUT2D eigenvalue weighted by Gasteiger charge is 2.12. The zero-order valence-electron chi connectivity index (χ0n) is 12.0. The molecule has 1 aromatic rings. The average molecular weight is 263 g/mol. The van der Waals surface area contributed by atoms with Gasteiger partial charge in [-0.3, -0.25) is 0 Å². The van der Waals surface area contributed by atoms with Crippen molar-refractivity contribution in [3.63, 3.8) is 0 Å². The van der Waals surface area contributed by atoms with Gasteiger partial charge in [-0.25, -0.2) is 0 Å². The molecule has 3 heteroatoms. The molecule has 19 heavy (non-hydrogen) atoms.